The maximum Gasteiger partial charge on any atom is 0.222 e. The highest BCUT2D eigenvalue weighted by Gasteiger charge is 2.21. The summed E-state index contributed by atoms with van der Waals surface area (Å²) in [7, 11) is 0. The molecular formula is C23H21N3O2. The van der Waals surface area contributed by atoms with Gasteiger partial charge in [-0.05, 0) is 35.6 Å². The van der Waals surface area contributed by atoms with Crippen LogP contribution in [0.3, 0.4) is 0 Å². The van der Waals surface area contributed by atoms with E-state index >= 15 is 0 Å². The number of aromatic nitrogens is 2. The maximum absolute atomic E-state index is 11.6. The van der Waals surface area contributed by atoms with Gasteiger partial charge in [0.05, 0.1) is 18.0 Å². The molecule has 0 bridgehead atoms. The average molecular weight is 371 g/mol. The molecule has 0 unspecified atom stereocenters. The van der Waals surface area contributed by atoms with E-state index in [1.54, 1.807) is 0 Å². The second kappa shape index (κ2) is 7.74. The number of hydrogen-bond donors (Lipinski definition) is 2. The summed E-state index contributed by atoms with van der Waals surface area (Å²) >= 11 is 0. The Morgan fingerprint density at radius 3 is 2.68 bits per heavy atom. The fourth-order valence-electron chi connectivity index (χ4n) is 3.42. The number of rotatable bonds is 4. The minimum atomic E-state index is -0.174. The van der Waals surface area contributed by atoms with E-state index in [0.29, 0.717) is 11.5 Å². The summed E-state index contributed by atoms with van der Waals surface area (Å²) in [6, 6.07) is 15.9. The first-order chi connectivity index (χ1) is 13.6. The number of nitrogens with one attached hydrogen (secondary N) is 1. The number of amides is 1. The first-order valence-electron chi connectivity index (χ1n) is 9.28. The molecule has 4 rings (SSSR count). The van der Waals surface area contributed by atoms with Gasteiger partial charge in [0.25, 0.3) is 0 Å². The van der Waals surface area contributed by atoms with Gasteiger partial charge in [-0.15, -0.1) is 0 Å². The molecule has 2 N–H and O–H groups in total. The minimum absolute atomic E-state index is 0.0261. The number of aryl methyl sites for hydroxylation is 2. The smallest absolute Gasteiger partial charge is 0.222 e. The van der Waals surface area contributed by atoms with Gasteiger partial charge in [-0.1, -0.05) is 54.6 Å². The van der Waals surface area contributed by atoms with Crippen molar-refractivity contribution in [1.29, 1.82) is 0 Å². The SMILES string of the molecule is CC(=O)Nc1nc2c(nc1/C=C/c1ccccc1)-c1ccc(CO)cc1CC2. The molecule has 0 saturated carbocycles. The van der Waals surface area contributed by atoms with Crippen molar-refractivity contribution in [2.45, 2.75) is 26.4 Å². The third kappa shape index (κ3) is 3.70. The molecule has 28 heavy (non-hydrogen) atoms. The second-order valence-electron chi connectivity index (χ2n) is 6.83. The van der Waals surface area contributed by atoms with Crippen LogP contribution in [0, 0.1) is 0 Å². The van der Waals surface area contributed by atoms with Gasteiger partial charge in [0.2, 0.25) is 5.91 Å². The monoisotopic (exact) mass is 371 g/mol. The van der Waals surface area contributed by atoms with Crippen molar-refractivity contribution in [3.63, 3.8) is 0 Å². The maximum atomic E-state index is 11.6. The molecule has 140 valence electrons. The standard InChI is InChI=1S/C23H21N3O2/c1-15(28)24-23-21(11-8-16-5-3-2-4-6-16)25-22-19-10-7-17(14-27)13-18(19)9-12-20(22)26-23/h2-8,10-11,13,27H,9,12,14H2,1H3,(H,24,26,28)/b11-8+. The zero-order chi connectivity index (χ0) is 19.5. The van der Waals surface area contributed by atoms with Crippen LogP contribution in [0.4, 0.5) is 5.82 Å². The van der Waals surface area contributed by atoms with E-state index in [2.05, 4.69) is 5.32 Å². The average Bonchev–Trinajstić information content (AvgIpc) is 2.72. The number of nitrogens with zero attached hydrogens (tertiary/aromatic N) is 2. The minimum Gasteiger partial charge on any atom is -0.392 e. The van der Waals surface area contributed by atoms with Gasteiger partial charge in [-0.25, -0.2) is 9.97 Å². The number of benzene rings is 2. The molecule has 3 aromatic rings. The first kappa shape index (κ1) is 18.1. The fraction of sp³-hybridized carbons (Fsp3) is 0.174. The Bertz CT molecular complexity index is 1060. The summed E-state index contributed by atoms with van der Waals surface area (Å²) in [6.07, 6.45) is 5.42. The van der Waals surface area contributed by atoms with Crippen LogP contribution in [-0.4, -0.2) is 21.0 Å². The molecule has 0 spiro atoms. The van der Waals surface area contributed by atoms with E-state index in [-0.39, 0.29) is 12.5 Å². The molecule has 0 radical (unpaired) electrons. The largest absolute Gasteiger partial charge is 0.392 e. The van der Waals surface area contributed by atoms with Gasteiger partial charge >= 0.3 is 0 Å². The third-order valence-corrected chi connectivity index (χ3v) is 4.76. The fourth-order valence-corrected chi connectivity index (χ4v) is 3.42. The Morgan fingerprint density at radius 2 is 1.93 bits per heavy atom. The van der Waals surface area contributed by atoms with Gasteiger partial charge in [-0.2, -0.15) is 0 Å². The van der Waals surface area contributed by atoms with Crippen molar-refractivity contribution >= 4 is 23.9 Å². The van der Waals surface area contributed by atoms with Gasteiger partial charge < -0.3 is 10.4 Å². The van der Waals surface area contributed by atoms with Crippen molar-refractivity contribution in [2.24, 2.45) is 0 Å². The van der Waals surface area contributed by atoms with E-state index in [1.807, 2.05) is 60.7 Å². The van der Waals surface area contributed by atoms with Crippen molar-refractivity contribution in [3.8, 4) is 11.3 Å². The lowest BCUT2D eigenvalue weighted by Crippen LogP contribution is -2.15. The molecular weight excluding hydrogens is 350 g/mol. The molecule has 1 aliphatic rings. The van der Waals surface area contributed by atoms with E-state index in [9.17, 15) is 9.90 Å². The highest BCUT2D eigenvalue weighted by Crippen LogP contribution is 2.33. The number of anilines is 1. The van der Waals surface area contributed by atoms with Crippen LogP contribution in [0.5, 0.6) is 0 Å². The first-order valence-corrected chi connectivity index (χ1v) is 9.28. The zero-order valence-electron chi connectivity index (χ0n) is 15.6. The molecule has 2 aromatic carbocycles. The van der Waals surface area contributed by atoms with E-state index in [1.165, 1.54) is 12.5 Å². The van der Waals surface area contributed by atoms with Crippen LogP contribution in [0.15, 0.2) is 48.5 Å². The van der Waals surface area contributed by atoms with E-state index in [0.717, 1.165) is 40.9 Å². The van der Waals surface area contributed by atoms with Crippen LogP contribution < -0.4 is 5.32 Å². The predicted molar refractivity (Wildman–Crippen MR) is 110 cm³/mol. The molecule has 1 heterocycles. The molecule has 1 amide bonds. The van der Waals surface area contributed by atoms with E-state index < -0.39 is 0 Å². The zero-order valence-corrected chi connectivity index (χ0v) is 15.6. The van der Waals surface area contributed by atoms with Gasteiger partial charge in [0.1, 0.15) is 5.69 Å². The molecule has 5 nitrogen and oxygen atoms in total. The lowest BCUT2D eigenvalue weighted by atomic mass is 9.90. The quantitative estimate of drug-likeness (QED) is 0.730. The summed E-state index contributed by atoms with van der Waals surface area (Å²) in [5, 5.41) is 12.2. The topological polar surface area (TPSA) is 75.1 Å². The van der Waals surface area contributed by atoms with Gasteiger partial charge in [-0.3, -0.25) is 4.79 Å². The number of carbonyl (C=O) groups is 1. The molecule has 0 atom stereocenters. The van der Waals surface area contributed by atoms with Crippen LogP contribution >= 0.6 is 0 Å². The Labute approximate surface area is 163 Å². The van der Waals surface area contributed by atoms with Gasteiger partial charge in [0.15, 0.2) is 5.82 Å². The number of carbonyl (C=O) groups excluding carboxylic acids is 1. The normalized spacial score (nSPS) is 12.5. The van der Waals surface area contributed by atoms with Crippen LogP contribution in [0.25, 0.3) is 23.4 Å². The second-order valence-corrected chi connectivity index (χ2v) is 6.83. The molecule has 0 fully saturated rings. The number of aliphatic hydroxyl groups is 1. The summed E-state index contributed by atoms with van der Waals surface area (Å²) < 4.78 is 0. The highest BCUT2D eigenvalue weighted by molar-refractivity contribution is 5.90. The molecule has 1 aliphatic carbocycles. The van der Waals surface area contributed by atoms with Crippen LogP contribution in [0.2, 0.25) is 0 Å². The van der Waals surface area contributed by atoms with Crippen LogP contribution in [0.1, 0.15) is 35.0 Å². The Morgan fingerprint density at radius 1 is 1.11 bits per heavy atom. The number of aliphatic hydroxyl groups excluding tert-OH is 1. The summed E-state index contributed by atoms with van der Waals surface area (Å²) in [4.78, 5) is 21.2. The van der Waals surface area contributed by atoms with Crippen molar-refractivity contribution in [1.82, 2.24) is 9.97 Å². The molecule has 1 aromatic heterocycles. The summed E-state index contributed by atoms with van der Waals surface area (Å²) in [6.45, 7) is 1.50. The Balaban J connectivity index is 1.80. The number of fused-ring (bicyclic) bond motifs is 3. The van der Waals surface area contributed by atoms with Gasteiger partial charge in [0, 0.05) is 12.5 Å². The third-order valence-electron chi connectivity index (χ3n) is 4.76. The lowest BCUT2D eigenvalue weighted by Gasteiger charge is -2.20. The summed E-state index contributed by atoms with van der Waals surface area (Å²) in [5.41, 5.74) is 6.49. The Kier molecular flexibility index (Phi) is 5.00. The highest BCUT2D eigenvalue weighted by atomic mass is 16.3. The van der Waals surface area contributed by atoms with E-state index in [4.69, 9.17) is 9.97 Å². The number of hydrogen-bond acceptors (Lipinski definition) is 4. The molecule has 0 aliphatic heterocycles. The van der Waals surface area contributed by atoms with Crippen molar-refractivity contribution in [3.05, 3.63) is 76.6 Å². The summed E-state index contributed by atoms with van der Waals surface area (Å²) in [5.74, 6) is 0.307. The Hall–Kier alpha value is -3.31. The lowest BCUT2D eigenvalue weighted by molar-refractivity contribution is -0.114. The van der Waals surface area contributed by atoms with Crippen molar-refractivity contribution in [2.75, 3.05) is 5.32 Å². The van der Waals surface area contributed by atoms with Crippen LogP contribution in [-0.2, 0) is 24.2 Å². The molecule has 0 saturated heterocycles. The molecule has 5 heteroatoms. The van der Waals surface area contributed by atoms with Crippen molar-refractivity contribution < 1.29 is 9.90 Å². The predicted octanol–water partition coefficient (Wildman–Crippen LogP) is 3.86.